The number of carbonyl (C=O) groups is 1. The molecule has 0 radical (unpaired) electrons. The van der Waals surface area contributed by atoms with Crippen LogP contribution in [0.4, 0.5) is 0 Å². The van der Waals surface area contributed by atoms with Gasteiger partial charge in [-0.05, 0) is 32.3 Å². The van der Waals surface area contributed by atoms with E-state index in [2.05, 4.69) is 5.11 Å². The molecule has 3 nitrogen and oxygen atoms in total. The van der Waals surface area contributed by atoms with Crippen molar-refractivity contribution < 1.29 is 4.79 Å². The maximum atomic E-state index is 11.0. The second-order valence-electron chi connectivity index (χ2n) is 4.11. The molecule has 0 saturated heterocycles. The molecule has 0 aliphatic heterocycles. The number of allylic oxidation sites excluding steroid dienone is 3. The van der Waals surface area contributed by atoms with Gasteiger partial charge in [0.05, 0.1) is 6.54 Å². The predicted molar refractivity (Wildman–Crippen MR) is 62.0 cm³/mol. The van der Waals surface area contributed by atoms with Gasteiger partial charge in [0.15, 0.2) is 0 Å². The number of rotatable bonds is 6. The molecule has 0 heterocycles. The van der Waals surface area contributed by atoms with Crippen LogP contribution in [0.5, 0.6) is 0 Å². The number of Topliss-reactive ketones (excluding diaryl/α,β-unsaturated/α-hetero) is 1. The second-order valence-corrected chi connectivity index (χ2v) is 4.11. The van der Waals surface area contributed by atoms with Crippen molar-refractivity contribution in [3.8, 4) is 0 Å². The summed E-state index contributed by atoms with van der Waals surface area (Å²) < 4.78 is 0. The molecule has 1 atom stereocenters. The molecule has 0 rings (SSSR count). The van der Waals surface area contributed by atoms with E-state index in [-0.39, 0.29) is 11.7 Å². The van der Waals surface area contributed by atoms with Crippen LogP contribution in [0.1, 0.15) is 34.1 Å². The summed E-state index contributed by atoms with van der Waals surface area (Å²) in [6, 6.07) is 0. The first-order valence-electron chi connectivity index (χ1n) is 5.14. The third kappa shape index (κ3) is 6.77. The summed E-state index contributed by atoms with van der Waals surface area (Å²) in [5, 5.41) is 3.38. The highest BCUT2D eigenvalue weighted by atomic mass is 16.1. The summed E-state index contributed by atoms with van der Waals surface area (Å²) in [5.74, 6) is 0.350. The number of carbonyl (C=O) groups excluding carboxylic acids is 1. The minimum Gasteiger partial charge on any atom is -0.300 e. The zero-order valence-electron chi connectivity index (χ0n) is 10.0. The summed E-state index contributed by atoms with van der Waals surface area (Å²) in [6.45, 7) is 8.01. The Labute approximate surface area is 91.8 Å². The van der Waals surface area contributed by atoms with Crippen molar-refractivity contribution in [2.45, 2.75) is 34.1 Å². The maximum absolute atomic E-state index is 11.0. The van der Waals surface area contributed by atoms with Crippen LogP contribution in [0.3, 0.4) is 0 Å². The van der Waals surface area contributed by atoms with E-state index in [0.717, 1.165) is 5.57 Å². The van der Waals surface area contributed by atoms with Crippen LogP contribution in [-0.4, -0.2) is 12.3 Å². The van der Waals surface area contributed by atoms with Gasteiger partial charge in [-0.25, -0.2) is 5.53 Å². The van der Waals surface area contributed by atoms with E-state index >= 15 is 0 Å². The Kier molecular flexibility index (Phi) is 6.50. The zero-order valence-corrected chi connectivity index (χ0v) is 10.0. The van der Waals surface area contributed by atoms with Crippen molar-refractivity contribution in [1.82, 2.24) is 0 Å². The van der Waals surface area contributed by atoms with Gasteiger partial charge in [0.25, 0.3) is 0 Å². The van der Waals surface area contributed by atoms with Gasteiger partial charge in [-0.3, -0.25) is 0 Å². The Balaban J connectivity index is 4.64. The first-order chi connectivity index (χ1) is 6.97. The first kappa shape index (κ1) is 13.8. The molecule has 0 saturated carbocycles. The lowest BCUT2D eigenvalue weighted by Crippen LogP contribution is -2.07. The molecule has 1 N–H and O–H groups in total. The van der Waals surface area contributed by atoms with E-state index in [1.807, 2.05) is 32.9 Å². The third-order valence-corrected chi connectivity index (χ3v) is 2.12. The molecule has 0 aromatic rings. The van der Waals surface area contributed by atoms with E-state index in [4.69, 9.17) is 5.53 Å². The largest absolute Gasteiger partial charge is 0.300 e. The van der Waals surface area contributed by atoms with Gasteiger partial charge >= 0.3 is 0 Å². The van der Waals surface area contributed by atoms with E-state index in [9.17, 15) is 4.79 Å². The van der Waals surface area contributed by atoms with E-state index in [1.165, 1.54) is 5.57 Å². The first-order valence-corrected chi connectivity index (χ1v) is 5.14. The fraction of sp³-hybridized carbons (Fsp3) is 0.583. The average molecular weight is 208 g/mol. The Hall–Kier alpha value is -1.25. The van der Waals surface area contributed by atoms with Gasteiger partial charge in [0.2, 0.25) is 0 Å². The molecule has 1 unspecified atom stereocenters. The lowest BCUT2D eigenvalue weighted by Gasteiger charge is -2.11. The lowest BCUT2D eigenvalue weighted by molar-refractivity contribution is -0.117. The minimum atomic E-state index is 0.173. The lowest BCUT2D eigenvalue weighted by atomic mass is 9.95. The second kappa shape index (κ2) is 7.10. The molecule has 0 aromatic carbocycles. The monoisotopic (exact) mass is 208 g/mol. The zero-order chi connectivity index (χ0) is 11.8. The van der Waals surface area contributed by atoms with E-state index < -0.39 is 0 Å². The fourth-order valence-corrected chi connectivity index (χ4v) is 1.30. The summed E-state index contributed by atoms with van der Waals surface area (Å²) in [6.07, 6.45) is 4.50. The van der Waals surface area contributed by atoms with Gasteiger partial charge in [-0.15, -0.1) is 0 Å². The molecule has 0 bridgehead atoms. The number of hydrogen-bond donors (Lipinski definition) is 1. The van der Waals surface area contributed by atoms with Crippen LogP contribution in [0.15, 0.2) is 28.4 Å². The van der Waals surface area contributed by atoms with Crippen molar-refractivity contribution in [2.24, 2.45) is 11.0 Å². The van der Waals surface area contributed by atoms with Crippen molar-refractivity contribution >= 4 is 5.78 Å². The van der Waals surface area contributed by atoms with Gasteiger partial charge in [0.1, 0.15) is 5.78 Å². The Morgan fingerprint density at radius 2 is 1.93 bits per heavy atom. The molecule has 0 spiro atoms. The van der Waals surface area contributed by atoms with Gasteiger partial charge in [-0.1, -0.05) is 24.6 Å². The Bertz CT molecular complexity index is 286. The van der Waals surface area contributed by atoms with Crippen LogP contribution >= 0.6 is 0 Å². The number of nitrogens with one attached hydrogen (secondary N) is 1. The number of ketones is 1. The molecule has 15 heavy (non-hydrogen) atoms. The van der Waals surface area contributed by atoms with Crippen LogP contribution in [0.2, 0.25) is 0 Å². The SMILES string of the molecule is CC(=O)CC(C)/C(=C\C=C(C)C)CN=N. The Morgan fingerprint density at radius 3 is 2.33 bits per heavy atom. The average Bonchev–Trinajstić information content (AvgIpc) is 2.10. The minimum absolute atomic E-state index is 0.173. The smallest absolute Gasteiger partial charge is 0.130 e. The van der Waals surface area contributed by atoms with Crippen LogP contribution < -0.4 is 0 Å². The van der Waals surface area contributed by atoms with Crippen molar-refractivity contribution in [1.29, 1.82) is 5.53 Å². The predicted octanol–water partition coefficient (Wildman–Crippen LogP) is 3.53. The molecule has 84 valence electrons. The van der Waals surface area contributed by atoms with Crippen molar-refractivity contribution in [2.75, 3.05) is 6.54 Å². The molecule has 3 heteroatoms. The van der Waals surface area contributed by atoms with Crippen LogP contribution in [-0.2, 0) is 4.79 Å². The highest BCUT2D eigenvalue weighted by Gasteiger charge is 2.10. The molecule has 0 aliphatic rings. The third-order valence-electron chi connectivity index (χ3n) is 2.12. The van der Waals surface area contributed by atoms with Crippen molar-refractivity contribution in [3.05, 3.63) is 23.3 Å². The summed E-state index contributed by atoms with van der Waals surface area (Å²) in [7, 11) is 0. The quantitative estimate of drug-likeness (QED) is 0.527. The highest BCUT2D eigenvalue weighted by molar-refractivity contribution is 5.76. The molecular weight excluding hydrogens is 188 g/mol. The maximum Gasteiger partial charge on any atom is 0.130 e. The summed E-state index contributed by atoms with van der Waals surface area (Å²) >= 11 is 0. The Morgan fingerprint density at radius 1 is 1.33 bits per heavy atom. The number of hydrogen-bond acceptors (Lipinski definition) is 3. The molecular formula is C12H20N2O. The molecule has 0 amide bonds. The topological polar surface area (TPSA) is 53.3 Å². The van der Waals surface area contributed by atoms with Crippen LogP contribution in [0.25, 0.3) is 0 Å². The van der Waals surface area contributed by atoms with Gasteiger partial charge in [-0.2, -0.15) is 5.11 Å². The number of nitrogens with zero attached hydrogens (tertiary/aromatic N) is 1. The van der Waals surface area contributed by atoms with E-state index in [0.29, 0.717) is 13.0 Å². The van der Waals surface area contributed by atoms with Gasteiger partial charge < -0.3 is 4.79 Å². The van der Waals surface area contributed by atoms with E-state index in [1.54, 1.807) is 6.92 Å². The van der Waals surface area contributed by atoms with Crippen molar-refractivity contribution in [3.63, 3.8) is 0 Å². The fourth-order valence-electron chi connectivity index (χ4n) is 1.30. The summed E-state index contributed by atoms with van der Waals surface area (Å²) in [5.41, 5.74) is 9.12. The standard InChI is InChI=1S/C12H20N2O/c1-9(2)5-6-12(8-14-13)10(3)7-11(4)15/h5-6,10,13H,7-8H2,1-4H3/b12-6-,14-13?. The highest BCUT2D eigenvalue weighted by Crippen LogP contribution is 2.16. The van der Waals surface area contributed by atoms with Crippen LogP contribution in [0, 0.1) is 11.4 Å². The molecule has 0 fully saturated rings. The van der Waals surface area contributed by atoms with Gasteiger partial charge in [0, 0.05) is 6.42 Å². The normalized spacial score (nSPS) is 13.2. The molecule has 0 aliphatic carbocycles. The molecule has 0 aromatic heterocycles. The summed E-state index contributed by atoms with van der Waals surface area (Å²) in [4.78, 5) is 11.0.